The van der Waals surface area contributed by atoms with E-state index in [1.807, 2.05) is 42.5 Å². The normalized spacial score (nSPS) is 13.9. The first-order valence-corrected chi connectivity index (χ1v) is 8.53. The van der Waals surface area contributed by atoms with Gasteiger partial charge in [0.2, 0.25) is 0 Å². The summed E-state index contributed by atoms with van der Waals surface area (Å²) in [6.07, 6.45) is 2.92. The third kappa shape index (κ3) is 4.33. The van der Waals surface area contributed by atoms with Gasteiger partial charge in [-0.2, -0.15) is 0 Å². The molecule has 1 N–H and O–H groups in total. The summed E-state index contributed by atoms with van der Waals surface area (Å²) in [6.45, 7) is 0.263. The van der Waals surface area contributed by atoms with Crippen molar-refractivity contribution in [2.45, 2.75) is 0 Å². The van der Waals surface area contributed by atoms with E-state index in [1.165, 1.54) is 6.08 Å². The summed E-state index contributed by atoms with van der Waals surface area (Å²) >= 11 is 1.55. The number of thiophene rings is 1. The van der Waals surface area contributed by atoms with Crippen molar-refractivity contribution in [3.63, 3.8) is 0 Å². The van der Waals surface area contributed by atoms with E-state index >= 15 is 0 Å². The highest BCUT2D eigenvalue weighted by atomic mass is 32.1. The summed E-state index contributed by atoms with van der Waals surface area (Å²) < 4.78 is 4.89. The van der Waals surface area contributed by atoms with Crippen LogP contribution in [0, 0.1) is 0 Å². The Balaban J connectivity index is 1.52. The Morgan fingerprint density at radius 2 is 2.00 bits per heavy atom. The fourth-order valence-electron chi connectivity index (χ4n) is 2.32. The van der Waals surface area contributed by atoms with Gasteiger partial charge in [-0.05, 0) is 23.8 Å². The van der Waals surface area contributed by atoms with Crippen LogP contribution in [0.4, 0.5) is 4.79 Å². The van der Waals surface area contributed by atoms with E-state index in [0.29, 0.717) is 13.1 Å². The molecule has 0 radical (unpaired) electrons. The zero-order valence-corrected chi connectivity index (χ0v) is 14.1. The largest absolute Gasteiger partial charge is 0.452 e. The molecule has 2 aromatic rings. The van der Waals surface area contributed by atoms with Crippen LogP contribution >= 0.6 is 11.3 Å². The lowest BCUT2D eigenvalue weighted by Gasteiger charge is -2.11. The van der Waals surface area contributed by atoms with Gasteiger partial charge in [0.15, 0.2) is 6.61 Å². The molecule has 0 spiro atoms. The summed E-state index contributed by atoms with van der Waals surface area (Å²) in [7, 11) is 0. The number of urea groups is 1. The van der Waals surface area contributed by atoms with Gasteiger partial charge >= 0.3 is 12.0 Å². The van der Waals surface area contributed by atoms with Crippen LogP contribution in [-0.2, 0) is 14.3 Å². The standard InChI is InChI=1S/C18H16N2O4S/c21-16(20-11-10-19-18(20)23)12-24-17(22)9-7-14-6-8-15(25-14)13-4-2-1-3-5-13/h1-9H,10-12H2,(H,19,23)/b9-7+. The fraction of sp³-hybridized carbons (Fsp3) is 0.167. The maximum atomic E-state index is 11.8. The van der Waals surface area contributed by atoms with Gasteiger partial charge in [-0.15, -0.1) is 11.3 Å². The van der Waals surface area contributed by atoms with Crippen LogP contribution in [-0.4, -0.2) is 42.5 Å². The van der Waals surface area contributed by atoms with Crippen LogP contribution in [0.1, 0.15) is 4.88 Å². The molecule has 1 fully saturated rings. The zero-order chi connectivity index (χ0) is 17.6. The molecule has 0 bridgehead atoms. The van der Waals surface area contributed by atoms with Crippen LogP contribution in [0.5, 0.6) is 0 Å². The van der Waals surface area contributed by atoms with Crippen molar-refractivity contribution in [1.82, 2.24) is 10.2 Å². The molecular weight excluding hydrogens is 340 g/mol. The number of hydrogen-bond donors (Lipinski definition) is 1. The minimum absolute atomic E-state index is 0.294. The van der Waals surface area contributed by atoms with Crippen molar-refractivity contribution in [2.24, 2.45) is 0 Å². The van der Waals surface area contributed by atoms with Crippen molar-refractivity contribution >= 4 is 35.3 Å². The summed E-state index contributed by atoms with van der Waals surface area (Å²) in [6, 6.07) is 13.4. The first-order valence-electron chi connectivity index (χ1n) is 7.72. The number of benzene rings is 1. The van der Waals surface area contributed by atoms with E-state index in [2.05, 4.69) is 5.32 Å². The Bertz CT molecular complexity index is 813. The molecule has 1 saturated heterocycles. The molecule has 6 nitrogen and oxygen atoms in total. The number of nitrogens with one attached hydrogen (secondary N) is 1. The highest BCUT2D eigenvalue weighted by Gasteiger charge is 2.26. The van der Waals surface area contributed by atoms with Gasteiger partial charge in [-0.3, -0.25) is 9.69 Å². The summed E-state index contributed by atoms with van der Waals surface area (Å²) in [5.74, 6) is -1.15. The smallest absolute Gasteiger partial charge is 0.331 e. The Morgan fingerprint density at radius 3 is 2.72 bits per heavy atom. The minimum atomic E-state index is -0.623. The van der Waals surface area contributed by atoms with Crippen molar-refractivity contribution in [3.8, 4) is 10.4 Å². The Kier molecular flexibility index (Phi) is 5.25. The first kappa shape index (κ1) is 16.9. The molecule has 3 rings (SSSR count). The third-order valence-electron chi connectivity index (χ3n) is 3.56. The van der Waals surface area contributed by atoms with E-state index in [9.17, 15) is 14.4 Å². The topological polar surface area (TPSA) is 75.7 Å². The van der Waals surface area contributed by atoms with Crippen LogP contribution in [0.25, 0.3) is 16.5 Å². The molecule has 3 amide bonds. The van der Waals surface area contributed by atoms with E-state index in [-0.39, 0.29) is 0 Å². The Hall–Kier alpha value is -2.93. The number of rotatable bonds is 5. The number of ether oxygens (including phenoxy) is 1. The average Bonchev–Trinajstić information content (AvgIpc) is 3.27. The van der Waals surface area contributed by atoms with Gasteiger partial charge in [0.1, 0.15) is 0 Å². The van der Waals surface area contributed by atoms with E-state index in [4.69, 9.17) is 4.74 Å². The van der Waals surface area contributed by atoms with Gasteiger partial charge in [0, 0.05) is 28.9 Å². The zero-order valence-electron chi connectivity index (χ0n) is 13.3. The lowest BCUT2D eigenvalue weighted by Crippen LogP contribution is -2.37. The highest BCUT2D eigenvalue weighted by Crippen LogP contribution is 2.28. The number of nitrogens with zero attached hydrogens (tertiary/aromatic N) is 1. The maximum Gasteiger partial charge on any atom is 0.331 e. The molecule has 128 valence electrons. The van der Waals surface area contributed by atoms with E-state index in [1.54, 1.807) is 17.4 Å². The van der Waals surface area contributed by atoms with Crippen LogP contribution in [0.2, 0.25) is 0 Å². The van der Waals surface area contributed by atoms with Gasteiger partial charge in [-0.1, -0.05) is 30.3 Å². The van der Waals surface area contributed by atoms with E-state index in [0.717, 1.165) is 20.2 Å². The molecule has 1 aromatic carbocycles. The molecule has 0 saturated carbocycles. The summed E-state index contributed by atoms with van der Waals surface area (Å²) in [4.78, 5) is 37.8. The lowest BCUT2D eigenvalue weighted by molar-refractivity contribution is -0.146. The molecule has 25 heavy (non-hydrogen) atoms. The molecule has 0 atom stereocenters. The quantitative estimate of drug-likeness (QED) is 0.660. The SMILES string of the molecule is O=C(/C=C/c1ccc(-c2ccccc2)s1)OCC(=O)N1CCNC1=O. The molecule has 2 heterocycles. The third-order valence-corrected chi connectivity index (χ3v) is 4.66. The van der Waals surface area contributed by atoms with Gasteiger partial charge < -0.3 is 10.1 Å². The Morgan fingerprint density at radius 1 is 1.20 bits per heavy atom. The summed E-state index contributed by atoms with van der Waals surface area (Å²) in [5, 5.41) is 2.51. The molecule has 1 aliphatic rings. The number of imide groups is 1. The van der Waals surface area contributed by atoms with Gasteiger partial charge in [0.05, 0.1) is 0 Å². The molecule has 0 unspecified atom stereocenters. The number of esters is 1. The fourth-order valence-corrected chi connectivity index (χ4v) is 3.23. The second-order valence-electron chi connectivity index (χ2n) is 5.29. The predicted octanol–water partition coefficient (Wildman–Crippen LogP) is 2.52. The lowest BCUT2D eigenvalue weighted by atomic mass is 10.2. The highest BCUT2D eigenvalue weighted by molar-refractivity contribution is 7.16. The van der Waals surface area contributed by atoms with Crippen molar-refractivity contribution in [3.05, 3.63) is 53.4 Å². The maximum absolute atomic E-state index is 11.8. The monoisotopic (exact) mass is 356 g/mol. The average molecular weight is 356 g/mol. The predicted molar refractivity (Wildman–Crippen MR) is 94.9 cm³/mol. The van der Waals surface area contributed by atoms with Crippen LogP contribution in [0.3, 0.4) is 0 Å². The van der Waals surface area contributed by atoms with Gasteiger partial charge in [0.25, 0.3) is 5.91 Å². The minimum Gasteiger partial charge on any atom is -0.452 e. The van der Waals surface area contributed by atoms with Crippen molar-refractivity contribution < 1.29 is 19.1 Å². The van der Waals surface area contributed by atoms with E-state index < -0.39 is 24.5 Å². The van der Waals surface area contributed by atoms with Crippen LogP contribution < -0.4 is 5.32 Å². The molecule has 1 aromatic heterocycles. The Labute approximate surface area is 148 Å². The number of carbonyl (C=O) groups excluding carboxylic acids is 3. The molecular formula is C18H16N2O4S. The number of hydrogen-bond acceptors (Lipinski definition) is 5. The second kappa shape index (κ2) is 7.76. The molecule has 1 aliphatic heterocycles. The second-order valence-corrected chi connectivity index (χ2v) is 6.40. The number of amides is 3. The molecule has 7 heteroatoms. The summed E-state index contributed by atoms with van der Waals surface area (Å²) in [5.41, 5.74) is 1.12. The first-order chi connectivity index (χ1) is 12.1. The van der Waals surface area contributed by atoms with Crippen molar-refractivity contribution in [1.29, 1.82) is 0 Å². The number of carbonyl (C=O) groups is 3. The van der Waals surface area contributed by atoms with Crippen LogP contribution in [0.15, 0.2) is 48.5 Å². The van der Waals surface area contributed by atoms with Gasteiger partial charge in [-0.25, -0.2) is 9.59 Å². The van der Waals surface area contributed by atoms with Crippen molar-refractivity contribution in [2.75, 3.05) is 19.7 Å². The molecule has 0 aliphatic carbocycles.